The van der Waals surface area contributed by atoms with Crippen LogP contribution in [0, 0.1) is 6.92 Å². The van der Waals surface area contributed by atoms with E-state index in [0.717, 1.165) is 37.7 Å². The number of furan rings is 1. The first-order chi connectivity index (χ1) is 15.3. The van der Waals surface area contributed by atoms with Gasteiger partial charge in [-0.2, -0.15) is 0 Å². The molecule has 0 radical (unpaired) electrons. The SMILES string of the molecule is Cc1ccc(C(=O)OC(C)C(=O)NC(=O)NC2CCCCC2)cc1NC(=O)c1ccco1. The Morgan fingerprint density at radius 2 is 1.84 bits per heavy atom. The smallest absolute Gasteiger partial charge is 0.338 e. The van der Waals surface area contributed by atoms with Crippen molar-refractivity contribution in [2.75, 3.05) is 5.32 Å². The summed E-state index contributed by atoms with van der Waals surface area (Å²) in [6.45, 7) is 3.16. The summed E-state index contributed by atoms with van der Waals surface area (Å²) in [5.41, 5.74) is 1.29. The zero-order valence-electron chi connectivity index (χ0n) is 18.1. The molecule has 3 rings (SSSR count). The number of carbonyl (C=O) groups is 4. The highest BCUT2D eigenvalue weighted by Crippen LogP contribution is 2.20. The molecular formula is C23H27N3O6. The minimum absolute atomic E-state index is 0.0526. The first-order valence-electron chi connectivity index (χ1n) is 10.6. The largest absolute Gasteiger partial charge is 0.459 e. The molecule has 1 unspecified atom stereocenters. The molecule has 1 aliphatic carbocycles. The van der Waals surface area contributed by atoms with Crippen LogP contribution in [0.1, 0.15) is 65.5 Å². The average Bonchev–Trinajstić information content (AvgIpc) is 3.31. The number of hydrogen-bond acceptors (Lipinski definition) is 6. The summed E-state index contributed by atoms with van der Waals surface area (Å²) in [4.78, 5) is 49.0. The van der Waals surface area contributed by atoms with E-state index in [2.05, 4.69) is 16.0 Å². The number of hydrogen-bond donors (Lipinski definition) is 3. The van der Waals surface area contributed by atoms with Gasteiger partial charge in [0.25, 0.3) is 11.8 Å². The molecule has 9 nitrogen and oxygen atoms in total. The van der Waals surface area contributed by atoms with E-state index in [4.69, 9.17) is 9.15 Å². The van der Waals surface area contributed by atoms with E-state index in [0.29, 0.717) is 5.69 Å². The second kappa shape index (κ2) is 10.6. The van der Waals surface area contributed by atoms with Crippen molar-refractivity contribution < 1.29 is 28.3 Å². The highest BCUT2D eigenvalue weighted by atomic mass is 16.5. The number of carbonyl (C=O) groups excluding carboxylic acids is 4. The zero-order chi connectivity index (χ0) is 23.1. The van der Waals surface area contributed by atoms with Gasteiger partial charge < -0.3 is 19.8 Å². The van der Waals surface area contributed by atoms with Gasteiger partial charge in [0.2, 0.25) is 0 Å². The van der Waals surface area contributed by atoms with Crippen molar-refractivity contribution in [2.45, 2.75) is 58.1 Å². The third kappa shape index (κ3) is 6.19. The summed E-state index contributed by atoms with van der Waals surface area (Å²) in [6.07, 6.45) is 5.23. The average molecular weight is 441 g/mol. The Labute approximate surface area is 185 Å². The summed E-state index contributed by atoms with van der Waals surface area (Å²) >= 11 is 0. The first kappa shape index (κ1) is 23.1. The number of amides is 4. The van der Waals surface area contributed by atoms with Crippen LogP contribution in [-0.4, -0.2) is 36.0 Å². The normalized spacial score (nSPS) is 14.8. The summed E-state index contributed by atoms with van der Waals surface area (Å²) < 4.78 is 10.3. The van der Waals surface area contributed by atoms with E-state index in [-0.39, 0.29) is 17.4 Å². The molecule has 9 heteroatoms. The van der Waals surface area contributed by atoms with Crippen molar-refractivity contribution in [2.24, 2.45) is 0 Å². The fourth-order valence-electron chi connectivity index (χ4n) is 3.44. The second-order valence-electron chi connectivity index (χ2n) is 7.81. The number of anilines is 1. The quantitative estimate of drug-likeness (QED) is 0.589. The maximum absolute atomic E-state index is 12.5. The molecule has 1 atom stereocenters. The van der Waals surface area contributed by atoms with Gasteiger partial charge in [-0.1, -0.05) is 25.3 Å². The Kier molecular flexibility index (Phi) is 7.64. The molecule has 1 aromatic heterocycles. The van der Waals surface area contributed by atoms with Gasteiger partial charge >= 0.3 is 12.0 Å². The minimum Gasteiger partial charge on any atom is -0.459 e. The number of nitrogens with one attached hydrogen (secondary N) is 3. The van der Waals surface area contributed by atoms with E-state index in [1.165, 1.54) is 31.4 Å². The monoisotopic (exact) mass is 441 g/mol. The molecule has 1 aromatic carbocycles. The van der Waals surface area contributed by atoms with Crippen molar-refractivity contribution in [3.8, 4) is 0 Å². The highest BCUT2D eigenvalue weighted by Gasteiger charge is 2.23. The minimum atomic E-state index is -1.18. The maximum Gasteiger partial charge on any atom is 0.338 e. The number of imide groups is 1. The molecule has 0 aliphatic heterocycles. The summed E-state index contributed by atoms with van der Waals surface area (Å²) in [5.74, 6) is -1.80. The zero-order valence-corrected chi connectivity index (χ0v) is 18.1. The predicted molar refractivity (Wildman–Crippen MR) is 116 cm³/mol. The molecule has 1 fully saturated rings. The lowest BCUT2D eigenvalue weighted by Gasteiger charge is -2.23. The number of rotatable bonds is 6. The van der Waals surface area contributed by atoms with Gasteiger partial charge in [-0.3, -0.25) is 14.9 Å². The molecule has 0 bridgehead atoms. The fourth-order valence-corrected chi connectivity index (χ4v) is 3.44. The van der Waals surface area contributed by atoms with Crippen molar-refractivity contribution in [1.29, 1.82) is 0 Å². The van der Waals surface area contributed by atoms with Crippen LogP contribution in [0.25, 0.3) is 0 Å². The number of benzene rings is 1. The Hall–Kier alpha value is -3.62. The Balaban J connectivity index is 1.55. The van der Waals surface area contributed by atoms with E-state index in [1.54, 1.807) is 19.1 Å². The number of aryl methyl sites for hydroxylation is 1. The van der Waals surface area contributed by atoms with Crippen LogP contribution in [0.5, 0.6) is 0 Å². The first-order valence-corrected chi connectivity index (χ1v) is 10.6. The lowest BCUT2D eigenvalue weighted by atomic mass is 9.96. The molecule has 0 spiro atoms. The van der Waals surface area contributed by atoms with Crippen LogP contribution >= 0.6 is 0 Å². The predicted octanol–water partition coefficient (Wildman–Crippen LogP) is 3.54. The van der Waals surface area contributed by atoms with Crippen molar-refractivity contribution >= 4 is 29.5 Å². The molecular weight excluding hydrogens is 414 g/mol. The van der Waals surface area contributed by atoms with Gasteiger partial charge in [-0.05, 0) is 56.5 Å². The Bertz CT molecular complexity index is 980. The van der Waals surface area contributed by atoms with Crippen LogP contribution in [0.15, 0.2) is 41.0 Å². The lowest BCUT2D eigenvalue weighted by molar-refractivity contribution is -0.127. The maximum atomic E-state index is 12.5. The molecule has 170 valence electrons. The fraction of sp³-hybridized carbons (Fsp3) is 0.391. The molecule has 1 aliphatic rings. The topological polar surface area (TPSA) is 127 Å². The van der Waals surface area contributed by atoms with E-state index in [9.17, 15) is 19.2 Å². The van der Waals surface area contributed by atoms with Crippen LogP contribution < -0.4 is 16.0 Å². The van der Waals surface area contributed by atoms with Gasteiger partial charge in [0.1, 0.15) is 0 Å². The van der Waals surface area contributed by atoms with Gasteiger partial charge in [0.15, 0.2) is 11.9 Å². The Morgan fingerprint density at radius 3 is 2.53 bits per heavy atom. The molecule has 32 heavy (non-hydrogen) atoms. The van der Waals surface area contributed by atoms with Crippen molar-refractivity contribution in [3.05, 3.63) is 53.5 Å². The summed E-state index contributed by atoms with van der Waals surface area (Å²) in [7, 11) is 0. The summed E-state index contributed by atoms with van der Waals surface area (Å²) in [5, 5.41) is 7.66. The van der Waals surface area contributed by atoms with Crippen LogP contribution in [-0.2, 0) is 9.53 Å². The molecule has 0 saturated heterocycles. The molecule has 1 saturated carbocycles. The van der Waals surface area contributed by atoms with Gasteiger partial charge in [-0.15, -0.1) is 0 Å². The molecule has 4 amide bonds. The molecule has 2 aromatic rings. The van der Waals surface area contributed by atoms with Crippen molar-refractivity contribution in [1.82, 2.24) is 10.6 Å². The van der Waals surface area contributed by atoms with E-state index in [1.807, 2.05) is 0 Å². The van der Waals surface area contributed by atoms with Crippen molar-refractivity contribution in [3.63, 3.8) is 0 Å². The number of ether oxygens (including phenoxy) is 1. The van der Waals surface area contributed by atoms with Gasteiger partial charge in [0, 0.05) is 11.7 Å². The third-order valence-electron chi connectivity index (χ3n) is 5.30. The molecule has 1 heterocycles. The van der Waals surface area contributed by atoms with E-state index >= 15 is 0 Å². The lowest BCUT2D eigenvalue weighted by Crippen LogP contribution is -2.48. The molecule has 3 N–H and O–H groups in total. The van der Waals surface area contributed by atoms with Crippen LogP contribution in [0.4, 0.5) is 10.5 Å². The Morgan fingerprint density at radius 1 is 1.09 bits per heavy atom. The van der Waals surface area contributed by atoms with Crippen LogP contribution in [0.2, 0.25) is 0 Å². The summed E-state index contributed by atoms with van der Waals surface area (Å²) in [6, 6.07) is 7.21. The standard InChI is InChI=1S/C23H27N3O6/c1-14-10-11-16(13-18(14)25-21(28)19-9-6-12-31-19)22(29)32-15(2)20(27)26-23(30)24-17-7-4-3-5-8-17/h6,9-13,15,17H,3-5,7-8H2,1-2H3,(H,25,28)(H2,24,26,27,30). The number of esters is 1. The van der Waals surface area contributed by atoms with Gasteiger partial charge in [0.05, 0.1) is 11.8 Å². The third-order valence-corrected chi connectivity index (χ3v) is 5.30. The van der Waals surface area contributed by atoms with Crippen LogP contribution in [0.3, 0.4) is 0 Å². The van der Waals surface area contributed by atoms with E-state index < -0.39 is 29.9 Å². The van der Waals surface area contributed by atoms with Gasteiger partial charge in [-0.25, -0.2) is 9.59 Å². The highest BCUT2D eigenvalue weighted by molar-refractivity contribution is 6.03. The number of urea groups is 1. The second-order valence-corrected chi connectivity index (χ2v) is 7.81.